The van der Waals surface area contributed by atoms with Crippen molar-refractivity contribution in [3.63, 3.8) is 0 Å². The SMILES string of the molecule is CCOc1cc(Cl)c(Cl)c(/C=N\NC(=O)Cc2cccc3ccccc23)c1O. The molecule has 0 aliphatic carbocycles. The van der Waals surface area contributed by atoms with Crippen LogP contribution in [0.3, 0.4) is 0 Å². The number of hydrogen-bond acceptors (Lipinski definition) is 4. The summed E-state index contributed by atoms with van der Waals surface area (Å²) >= 11 is 12.2. The first-order chi connectivity index (χ1) is 13.5. The number of carbonyl (C=O) groups is 1. The summed E-state index contributed by atoms with van der Waals surface area (Å²) in [4.78, 5) is 12.3. The molecule has 1 amide bonds. The fraction of sp³-hybridized carbons (Fsp3) is 0.143. The zero-order chi connectivity index (χ0) is 20.1. The molecule has 0 heterocycles. The molecule has 7 heteroatoms. The average molecular weight is 417 g/mol. The third-order valence-electron chi connectivity index (χ3n) is 4.11. The largest absolute Gasteiger partial charge is 0.504 e. The number of carbonyl (C=O) groups excluding carboxylic acids is 1. The van der Waals surface area contributed by atoms with E-state index >= 15 is 0 Å². The number of rotatable bonds is 6. The van der Waals surface area contributed by atoms with E-state index in [0.717, 1.165) is 16.3 Å². The Morgan fingerprint density at radius 2 is 1.96 bits per heavy atom. The van der Waals surface area contributed by atoms with E-state index in [9.17, 15) is 9.90 Å². The van der Waals surface area contributed by atoms with Gasteiger partial charge in [-0.05, 0) is 23.3 Å². The van der Waals surface area contributed by atoms with Crippen LogP contribution in [-0.4, -0.2) is 23.8 Å². The number of aromatic hydroxyl groups is 1. The molecular formula is C21H18Cl2N2O3. The Hall–Kier alpha value is -2.76. The van der Waals surface area contributed by atoms with Gasteiger partial charge in [0.1, 0.15) is 0 Å². The van der Waals surface area contributed by atoms with E-state index in [2.05, 4.69) is 10.5 Å². The van der Waals surface area contributed by atoms with Crippen LogP contribution in [0.2, 0.25) is 10.0 Å². The molecular weight excluding hydrogens is 399 g/mol. The second kappa shape index (κ2) is 8.95. The highest BCUT2D eigenvalue weighted by Crippen LogP contribution is 2.39. The molecule has 0 saturated heterocycles. The maximum atomic E-state index is 12.3. The fourth-order valence-corrected chi connectivity index (χ4v) is 3.22. The molecule has 0 aliphatic heterocycles. The molecule has 3 rings (SSSR count). The zero-order valence-corrected chi connectivity index (χ0v) is 16.6. The van der Waals surface area contributed by atoms with E-state index in [0.29, 0.717) is 6.61 Å². The summed E-state index contributed by atoms with van der Waals surface area (Å²) in [5.41, 5.74) is 3.51. The monoisotopic (exact) mass is 416 g/mol. The molecule has 5 nitrogen and oxygen atoms in total. The first-order valence-electron chi connectivity index (χ1n) is 8.63. The first-order valence-corrected chi connectivity index (χ1v) is 9.39. The molecule has 3 aromatic carbocycles. The molecule has 0 atom stereocenters. The molecule has 0 aliphatic rings. The molecule has 0 bridgehead atoms. The van der Waals surface area contributed by atoms with Gasteiger partial charge in [-0.15, -0.1) is 0 Å². The van der Waals surface area contributed by atoms with Gasteiger partial charge in [0.05, 0.1) is 34.9 Å². The van der Waals surface area contributed by atoms with E-state index in [4.69, 9.17) is 27.9 Å². The second-order valence-corrected chi connectivity index (χ2v) is 6.76. The lowest BCUT2D eigenvalue weighted by Gasteiger charge is -2.11. The molecule has 0 radical (unpaired) electrons. The predicted octanol–water partition coefficient (Wildman–Crippen LogP) is 4.94. The van der Waals surface area contributed by atoms with Crippen molar-refractivity contribution >= 4 is 46.1 Å². The molecule has 28 heavy (non-hydrogen) atoms. The minimum absolute atomic E-state index is 0.120. The summed E-state index contributed by atoms with van der Waals surface area (Å²) in [5.74, 6) is -0.293. The average Bonchev–Trinajstić information content (AvgIpc) is 2.69. The van der Waals surface area contributed by atoms with Gasteiger partial charge in [0.25, 0.3) is 0 Å². The van der Waals surface area contributed by atoms with Gasteiger partial charge in [-0.25, -0.2) is 5.43 Å². The van der Waals surface area contributed by atoms with Crippen molar-refractivity contribution in [3.8, 4) is 11.5 Å². The van der Waals surface area contributed by atoms with Crippen LogP contribution in [0, 0.1) is 0 Å². The number of phenols is 1. The van der Waals surface area contributed by atoms with Crippen LogP contribution < -0.4 is 10.2 Å². The van der Waals surface area contributed by atoms with Crippen molar-refractivity contribution in [2.75, 3.05) is 6.61 Å². The minimum Gasteiger partial charge on any atom is -0.504 e. The van der Waals surface area contributed by atoms with Crippen LogP contribution in [0.25, 0.3) is 10.8 Å². The number of amides is 1. The van der Waals surface area contributed by atoms with Crippen LogP contribution >= 0.6 is 23.2 Å². The molecule has 0 unspecified atom stereocenters. The van der Waals surface area contributed by atoms with Gasteiger partial charge in [-0.2, -0.15) is 5.10 Å². The van der Waals surface area contributed by atoms with E-state index in [1.165, 1.54) is 12.3 Å². The summed E-state index contributed by atoms with van der Waals surface area (Å²) in [5, 5.41) is 16.6. The number of halogens is 2. The Kier molecular flexibility index (Phi) is 6.39. The Bertz CT molecular complexity index is 1050. The minimum atomic E-state index is -0.296. The Labute approximate surface area is 172 Å². The van der Waals surface area contributed by atoms with Crippen molar-refractivity contribution in [1.29, 1.82) is 0 Å². The number of fused-ring (bicyclic) bond motifs is 1. The standard InChI is InChI=1S/C21H18Cl2N2O3/c1-2-28-18-11-17(22)20(23)16(21(18)27)12-24-25-19(26)10-14-8-5-7-13-6-3-4-9-15(13)14/h3-9,11-12,27H,2,10H2,1H3,(H,25,26)/b24-12-. The lowest BCUT2D eigenvalue weighted by Crippen LogP contribution is -2.20. The number of nitrogens with one attached hydrogen (secondary N) is 1. The highest BCUT2D eigenvalue weighted by atomic mass is 35.5. The lowest BCUT2D eigenvalue weighted by atomic mass is 10.0. The van der Waals surface area contributed by atoms with Crippen LogP contribution in [0.15, 0.2) is 53.6 Å². The number of hydrazone groups is 1. The quantitative estimate of drug-likeness (QED) is 0.441. The second-order valence-electron chi connectivity index (χ2n) is 5.97. The van der Waals surface area contributed by atoms with E-state index in [-0.39, 0.29) is 39.4 Å². The maximum Gasteiger partial charge on any atom is 0.244 e. The third kappa shape index (κ3) is 4.38. The summed E-state index contributed by atoms with van der Waals surface area (Å²) in [7, 11) is 0. The van der Waals surface area contributed by atoms with Gasteiger partial charge in [-0.1, -0.05) is 65.7 Å². The number of benzene rings is 3. The van der Waals surface area contributed by atoms with Crippen molar-refractivity contribution < 1.29 is 14.6 Å². The third-order valence-corrected chi connectivity index (χ3v) is 4.91. The molecule has 0 aromatic heterocycles. The Morgan fingerprint density at radius 1 is 1.21 bits per heavy atom. The van der Waals surface area contributed by atoms with Gasteiger partial charge in [0.2, 0.25) is 5.91 Å². The van der Waals surface area contributed by atoms with Gasteiger partial charge < -0.3 is 9.84 Å². The molecule has 144 valence electrons. The summed E-state index contributed by atoms with van der Waals surface area (Å²) in [6, 6.07) is 15.1. The molecule has 0 fully saturated rings. The van der Waals surface area contributed by atoms with E-state index in [1.54, 1.807) is 6.92 Å². The fourth-order valence-electron chi connectivity index (χ4n) is 2.82. The molecule has 0 saturated carbocycles. The first kappa shape index (κ1) is 20.0. The van der Waals surface area contributed by atoms with Crippen molar-refractivity contribution in [2.24, 2.45) is 5.10 Å². The van der Waals surface area contributed by atoms with E-state index in [1.807, 2.05) is 42.5 Å². The molecule has 0 spiro atoms. The summed E-state index contributed by atoms with van der Waals surface area (Å²) < 4.78 is 5.32. The summed E-state index contributed by atoms with van der Waals surface area (Å²) in [6.45, 7) is 2.13. The van der Waals surface area contributed by atoms with E-state index < -0.39 is 0 Å². The van der Waals surface area contributed by atoms with Gasteiger partial charge in [0.15, 0.2) is 11.5 Å². The van der Waals surface area contributed by atoms with Gasteiger partial charge in [-0.3, -0.25) is 4.79 Å². The number of hydrogen-bond donors (Lipinski definition) is 2. The van der Waals surface area contributed by atoms with Crippen molar-refractivity contribution in [1.82, 2.24) is 5.43 Å². The normalized spacial score (nSPS) is 11.1. The van der Waals surface area contributed by atoms with Crippen LogP contribution in [0.5, 0.6) is 11.5 Å². The van der Waals surface area contributed by atoms with Crippen LogP contribution in [-0.2, 0) is 11.2 Å². The predicted molar refractivity (Wildman–Crippen MR) is 113 cm³/mol. The Balaban J connectivity index is 1.75. The summed E-state index contributed by atoms with van der Waals surface area (Å²) in [6.07, 6.45) is 1.41. The van der Waals surface area contributed by atoms with Crippen molar-refractivity contribution in [2.45, 2.75) is 13.3 Å². The lowest BCUT2D eigenvalue weighted by molar-refractivity contribution is -0.120. The maximum absolute atomic E-state index is 12.3. The molecule has 3 aromatic rings. The molecule has 2 N–H and O–H groups in total. The Morgan fingerprint density at radius 3 is 2.75 bits per heavy atom. The number of nitrogens with zero attached hydrogens (tertiary/aromatic N) is 1. The number of ether oxygens (including phenoxy) is 1. The van der Waals surface area contributed by atoms with Crippen LogP contribution in [0.4, 0.5) is 0 Å². The van der Waals surface area contributed by atoms with Crippen molar-refractivity contribution in [3.05, 3.63) is 69.7 Å². The van der Waals surface area contributed by atoms with Crippen LogP contribution in [0.1, 0.15) is 18.1 Å². The highest BCUT2D eigenvalue weighted by molar-refractivity contribution is 6.43. The topological polar surface area (TPSA) is 70.9 Å². The van der Waals surface area contributed by atoms with Gasteiger partial charge >= 0.3 is 0 Å². The smallest absolute Gasteiger partial charge is 0.244 e. The number of phenolic OH excluding ortho intramolecular Hbond substituents is 1. The highest BCUT2D eigenvalue weighted by Gasteiger charge is 2.15. The zero-order valence-electron chi connectivity index (χ0n) is 15.1. The van der Waals surface area contributed by atoms with Gasteiger partial charge in [0, 0.05) is 6.07 Å².